The van der Waals surface area contributed by atoms with Gasteiger partial charge in [0.1, 0.15) is 0 Å². The molecule has 0 amide bonds. The van der Waals surface area contributed by atoms with Crippen LogP contribution in [0.25, 0.3) is 0 Å². The van der Waals surface area contributed by atoms with Crippen molar-refractivity contribution in [1.82, 2.24) is 5.32 Å². The molecule has 56 valence electrons. The van der Waals surface area contributed by atoms with Gasteiger partial charge in [0, 0.05) is 13.1 Å². The Balaban J connectivity index is 0. The molecular formula is C9H14LiN. The predicted octanol–water partition coefficient (Wildman–Crippen LogP) is 1.15. The zero-order chi connectivity index (χ0) is 8.95. The summed E-state index contributed by atoms with van der Waals surface area (Å²) < 4.78 is 0. The second kappa shape index (κ2) is 16.3. The molecule has 0 aromatic rings. The molecule has 0 unspecified atom stereocenters. The van der Waals surface area contributed by atoms with Crippen molar-refractivity contribution in [1.29, 1.82) is 0 Å². The molecule has 11 heavy (non-hydrogen) atoms. The standard InChI is InChI=1S/C6H11N.C3H3.Li/c1-3-5-7-6-4-2;1-3-2;/h3-4,7H,1-2,5-6H2;1H,2H2;. The van der Waals surface area contributed by atoms with Gasteiger partial charge >= 0.3 is 35.2 Å². The van der Waals surface area contributed by atoms with Crippen molar-refractivity contribution in [2.75, 3.05) is 13.1 Å². The summed E-state index contributed by atoms with van der Waals surface area (Å²) in [5, 5.41) is 3.90. The third-order valence-electron chi connectivity index (χ3n) is 0.781. The van der Waals surface area contributed by atoms with E-state index >= 15 is 0 Å². The Labute approximate surface area is 79.2 Å². The first-order chi connectivity index (χ1) is 5.33. The van der Waals surface area contributed by atoms with E-state index in [1.807, 2.05) is 29.9 Å². The van der Waals surface area contributed by atoms with Crippen molar-refractivity contribution in [3.63, 3.8) is 0 Å². The number of rotatable bonds is 4. The Morgan fingerprint density at radius 3 is 1.91 bits per heavy atom. The first-order valence-corrected chi connectivity index (χ1v) is 3.69. The molecule has 0 saturated heterocycles. The van der Waals surface area contributed by atoms with E-state index in [1.54, 1.807) is 0 Å². The second-order valence-electron chi connectivity index (χ2n) is 1.79. The van der Waals surface area contributed by atoms with Gasteiger partial charge in [-0.2, -0.15) is 0 Å². The summed E-state index contributed by atoms with van der Waals surface area (Å²) >= 11 is 1.94. The normalized spacial score (nSPS) is 7.00. The Morgan fingerprint density at radius 1 is 1.36 bits per heavy atom. The van der Waals surface area contributed by atoms with Crippen LogP contribution in [0.1, 0.15) is 0 Å². The molecule has 1 nitrogen and oxygen atoms in total. The molecule has 0 aliphatic rings. The minimum absolute atomic E-state index is 0.847. The van der Waals surface area contributed by atoms with Gasteiger partial charge in [-0.05, 0) is 0 Å². The maximum absolute atomic E-state index is 4.78. The molecule has 0 aromatic heterocycles. The summed E-state index contributed by atoms with van der Waals surface area (Å²) in [6.07, 6.45) is 8.42. The Hall–Kier alpha value is -0.403. The molecule has 0 heterocycles. The fraction of sp³-hybridized carbons (Fsp3) is 0.333. The minimum atomic E-state index is 0.847. The molecule has 0 fully saturated rings. The Kier molecular flexibility index (Phi) is 19.6. The van der Waals surface area contributed by atoms with Crippen molar-refractivity contribution >= 4 is 17.7 Å². The molecule has 0 rings (SSSR count). The molecule has 0 atom stereocenters. The first kappa shape index (κ1) is 13.2. The topological polar surface area (TPSA) is 12.0 Å². The molecule has 0 aromatic carbocycles. The van der Waals surface area contributed by atoms with Crippen LogP contribution in [-0.4, -0.2) is 30.8 Å². The summed E-state index contributed by atoms with van der Waals surface area (Å²) in [6.45, 7) is 8.81. The zero-order valence-electron chi connectivity index (χ0n) is 7.27. The summed E-state index contributed by atoms with van der Waals surface area (Å²) in [6, 6.07) is 0. The molecule has 0 saturated carbocycles. The number of hydrogen-bond donors (Lipinski definition) is 1. The van der Waals surface area contributed by atoms with Gasteiger partial charge in [-0.15, -0.1) is 13.2 Å². The number of terminal acetylenes is 1. The van der Waals surface area contributed by atoms with Crippen LogP contribution in [0.3, 0.4) is 0 Å². The van der Waals surface area contributed by atoms with Crippen LogP contribution >= 0.6 is 0 Å². The predicted molar refractivity (Wildman–Crippen MR) is 52.7 cm³/mol. The van der Waals surface area contributed by atoms with E-state index in [0.29, 0.717) is 0 Å². The van der Waals surface area contributed by atoms with Crippen LogP contribution in [0.2, 0.25) is 5.09 Å². The molecule has 0 aliphatic heterocycles. The monoisotopic (exact) mass is 143 g/mol. The van der Waals surface area contributed by atoms with E-state index in [2.05, 4.69) is 24.4 Å². The fourth-order valence-corrected chi connectivity index (χ4v) is 0.287. The third-order valence-corrected chi connectivity index (χ3v) is 0.781. The maximum atomic E-state index is 4.78. The van der Waals surface area contributed by atoms with Gasteiger partial charge < -0.3 is 5.32 Å². The van der Waals surface area contributed by atoms with E-state index < -0.39 is 0 Å². The summed E-state index contributed by atoms with van der Waals surface area (Å²) in [5.74, 6) is 2.43. The van der Waals surface area contributed by atoms with Gasteiger partial charge in [0.15, 0.2) is 0 Å². The van der Waals surface area contributed by atoms with Crippen LogP contribution in [-0.2, 0) is 0 Å². The van der Waals surface area contributed by atoms with Gasteiger partial charge in [-0.3, -0.25) is 0 Å². The molecule has 0 radical (unpaired) electrons. The zero-order valence-corrected chi connectivity index (χ0v) is 7.27. The van der Waals surface area contributed by atoms with Gasteiger partial charge in [-0.25, -0.2) is 0 Å². The van der Waals surface area contributed by atoms with E-state index in [0.717, 1.165) is 18.2 Å². The molecule has 1 N–H and O–H groups in total. The quantitative estimate of drug-likeness (QED) is 0.269. The Bertz CT molecular complexity index is 116. The molecular weight excluding hydrogens is 129 g/mol. The second-order valence-corrected chi connectivity index (χ2v) is 1.79. The van der Waals surface area contributed by atoms with Crippen LogP contribution in [0.5, 0.6) is 0 Å². The molecule has 0 bridgehead atoms. The van der Waals surface area contributed by atoms with Crippen molar-refractivity contribution in [2.45, 2.75) is 5.09 Å². The molecule has 0 aliphatic carbocycles. The SMILES string of the molecule is C=CCNCC=C.[Li][CH2]C#C. The average molecular weight is 143 g/mol. The van der Waals surface area contributed by atoms with Gasteiger partial charge in [0.2, 0.25) is 0 Å². The van der Waals surface area contributed by atoms with Crippen LogP contribution in [0.15, 0.2) is 25.3 Å². The number of nitrogens with one attached hydrogen (secondary N) is 1. The van der Waals surface area contributed by atoms with E-state index in [-0.39, 0.29) is 0 Å². The third kappa shape index (κ3) is 26.2. The van der Waals surface area contributed by atoms with Crippen LogP contribution in [0.4, 0.5) is 0 Å². The van der Waals surface area contributed by atoms with Crippen molar-refractivity contribution in [3.8, 4) is 12.3 Å². The van der Waals surface area contributed by atoms with E-state index in [1.165, 1.54) is 0 Å². The van der Waals surface area contributed by atoms with E-state index in [4.69, 9.17) is 6.42 Å². The summed E-state index contributed by atoms with van der Waals surface area (Å²) in [5.41, 5.74) is 0. The summed E-state index contributed by atoms with van der Waals surface area (Å²) in [7, 11) is 0. The van der Waals surface area contributed by atoms with E-state index in [9.17, 15) is 0 Å². The van der Waals surface area contributed by atoms with Gasteiger partial charge in [-0.1, -0.05) is 12.2 Å². The van der Waals surface area contributed by atoms with Crippen LogP contribution in [0, 0.1) is 12.3 Å². The van der Waals surface area contributed by atoms with Crippen molar-refractivity contribution < 1.29 is 0 Å². The molecule has 2 heteroatoms. The average Bonchev–Trinajstić information content (AvgIpc) is 2.06. The number of hydrogen-bond acceptors (Lipinski definition) is 1. The van der Waals surface area contributed by atoms with Gasteiger partial charge in [0.25, 0.3) is 0 Å². The summed E-state index contributed by atoms with van der Waals surface area (Å²) in [4.78, 5) is 0. The Morgan fingerprint density at radius 2 is 1.73 bits per heavy atom. The van der Waals surface area contributed by atoms with Gasteiger partial charge in [0.05, 0.1) is 0 Å². The van der Waals surface area contributed by atoms with Crippen LogP contribution < -0.4 is 5.32 Å². The van der Waals surface area contributed by atoms with Crippen molar-refractivity contribution in [3.05, 3.63) is 25.3 Å². The first-order valence-electron chi connectivity index (χ1n) is 3.69. The fourth-order valence-electron chi connectivity index (χ4n) is 0.287. The molecule has 0 spiro atoms. The van der Waals surface area contributed by atoms with Crippen molar-refractivity contribution in [2.24, 2.45) is 0 Å².